The van der Waals surface area contributed by atoms with Gasteiger partial charge in [-0.3, -0.25) is 0 Å². The molecule has 0 bridgehead atoms. The van der Waals surface area contributed by atoms with Gasteiger partial charge >= 0.3 is 0 Å². The molecule has 2 aromatic carbocycles. The summed E-state index contributed by atoms with van der Waals surface area (Å²) in [6.07, 6.45) is 0. The highest BCUT2D eigenvalue weighted by atomic mass is 14.7. The van der Waals surface area contributed by atoms with Gasteiger partial charge in [0.2, 0.25) is 0 Å². The summed E-state index contributed by atoms with van der Waals surface area (Å²) in [5, 5.41) is 0.584. The standard InChI is InChI=1S/C20H25N/c1-19(2,3)13-7-9-15-16-10-8-14(20(4,5)6)12-18(16)21-17(15)11-13/h7-12,21H,1-6H3/i7D,8D,9D,10D,11D,12D. The second-order valence-electron chi connectivity index (χ2n) is 7.62. The fourth-order valence-corrected chi connectivity index (χ4v) is 2.25. The van der Waals surface area contributed by atoms with Gasteiger partial charge in [0.15, 0.2) is 0 Å². The summed E-state index contributed by atoms with van der Waals surface area (Å²) >= 11 is 0. The Labute approximate surface area is 135 Å². The van der Waals surface area contributed by atoms with Gasteiger partial charge in [-0.15, -0.1) is 0 Å². The van der Waals surface area contributed by atoms with Crippen LogP contribution in [0, 0.1) is 0 Å². The number of aromatic nitrogens is 1. The zero-order valence-electron chi connectivity index (χ0n) is 19.5. The quantitative estimate of drug-likeness (QED) is 0.528. The summed E-state index contributed by atoms with van der Waals surface area (Å²) in [4.78, 5) is 3.09. The van der Waals surface area contributed by atoms with E-state index in [9.17, 15) is 0 Å². The van der Waals surface area contributed by atoms with E-state index in [0.717, 1.165) is 0 Å². The highest BCUT2D eigenvalue weighted by molar-refractivity contribution is 6.07. The van der Waals surface area contributed by atoms with Crippen LogP contribution in [-0.4, -0.2) is 4.98 Å². The van der Waals surface area contributed by atoms with E-state index in [4.69, 9.17) is 8.22 Å². The van der Waals surface area contributed by atoms with Crippen LogP contribution in [0.1, 0.15) is 60.9 Å². The van der Waals surface area contributed by atoms with Gasteiger partial charge in [-0.25, -0.2) is 0 Å². The number of nitrogens with one attached hydrogen (secondary N) is 1. The Hall–Kier alpha value is -1.76. The third kappa shape index (κ3) is 2.46. The molecule has 0 aliphatic heterocycles. The van der Waals surface area contributed by atoms with E-state index in [-0.39, 0.29) is 36.3 Å². The van der Waals surface area contributed by atoms with Crippen molar-refractivity contribution in [1.29, 1.82) is 0 Å². The molecule has 0 spiro atoms. The van der Waals surface area contributed by atoms with Crippen molar-refractivity contribution in [3.8, 4) is 0 Å². The van der Waals surface area contributed by atoms with Crippen LogP contribution in [0.2, 0.25) is 0 Å². The maximum Gasteiger partial charge on any atom is 0.0648 e. The van der Waals surface area contributed by atoms with Gasteiger partial charge < -0.3 is 4.98 Å². The maximum atomic E-state index is 8.63. The first-order chi connectivity index (χ1) is 12.2. The molecule has 0 saturated carbocycles. The van der Waals surface area contributed by atoms with Gasteiger partial charge in [-0.05, 0) is 34.0 Å². The zero-order valence-corrected chi connectivity index (χ0v) is 13.5. The average Bonchev–Trinajstić information content (AvgIpc) is 2.89. The summed E-state index contributed by atoms with van der Waals surface area (Å²) in [5.74, 6) is 0. The first kappa shape index (κ1) is 8.63. The third-order valence-electron chi connectivity index (χ3n) is 3.62. The topological polar surface area (TPSA) is 15.8 Å². The van der Waals surface area contributed by atoms with Crippen LogP contribution < -0.4 is 0 Å². The normalized spacial score (nSPS) is 17.2. The van der Waals surface area contributed by atoms with E-state index in [2.05, 4.69) is 4.98 Å². The Bertz CT molecular complexity index is 1010. The minimum absolute atomic E-state index is 0.0294. The summed E-state index contributed by atoms with van der Waals surface area (Å²) in [6.45, 7) is 11.4. The molecular formula is C20H25N. The molecule has 0 fully saturated rings. The maximum absolute atomic E-state index is 8.63. The molecule has 3 aromatic rings. The number of hydrogen-bond donors (Lipinski definition) is 1. The molecule has 0 amide bonds. The number of fused-ring (bicyclic) bond motifs is 3. The Morgan fingerprint density at radius 3 is 1.43 bits per heavy atom. The van der Waals surface area contributed by atoms with Crippen LogP contribution in [0.15, 0.2) is 36.3 Å². The molecule has 0 saturated heterocycles. The second-order valence-corrected chi connectivity index (χ2v) is 7.62. The van der Waals surface area contributed by atoms with Crippen LogP contribution in [0.3, 0.4) is 0 Å². The predicted octanol–water partition coefficient (Wildman–Crippen LogP) is 5.92. The van der Waals surface area contributed by atoms with Gasteiger partial charge in [-0.2, -0.15) is 0 Å². The molecule has 110 valence electrons. The Kier molecular flexibility index (Phi) is 1.79. The van der Waals surface area contributed by atoms with Crippen LogP contribution >= 0.6 is 0 Å². The van der Waals surface area contributed by atoms with Crippen molar-refractivity contribution in [3.05, 3.63) is 47.4 Å². The SMILES string of the molecule is [2H]c1c(C(C)(C)C)c([2H])c2[nH]c3c([2H])c(C(C)(C)C)c([2H])c([2H])c3c2c1[2H]. The van der Waals surface area contributed by atoms with E-state index < -0.39 is 10.8 Å². The average molecular weight is 285 g/mol. The molecule has 1 heteroatoms. The highest BCUT2D eigenvalue weighted by Gasteiger charge is 2.17. The fourth-order valence-electron chi connectivity index (χ4n) is 2.25. The third-order valence-corrected chi connectivity index (χ3v) is 3.62. The minimum atomic E-state index is -0.486. The lowest BCUT2D eigenvalue weighted by atomic mass is 9.86. The molecule has 0 atom stereocenters. The molecule has 1 nitrogen and oxygen atoms in total. The second kappa shape index (κ2) is 4.37. The molecule has 1 aromatic heterocycles. The molecular weight excluding hydrogens is 254 g/mol. The predicted molar refractivity (Wildman–Crippen MR) is 93.2 cm³/mol. The molecule has 0 radical (unpaired) electrons. The largest absolute Gasteiger partial charge is 0.354 e. The first-order valence-corrected chi connectivity index (χ1v) is 7.25. The Morgan fingerprint density at radius 2 is 1.10 bits per heavy atom. The summed E-state index contributed by atoms with van der Waals surface area (Å²) in [6, 6.07) is 0.0622. The van der Waals surface area contributed by atoms with Crippen LogP contribution in [0.5, 0.6) is 0 Å². The molecule has 0 aliphatic rings. The van der Waals surface area contributed by atoms with Crippen molar-refractivity contribution in [3.63, 3.8) is 0 Å². The smallest absolute Gasteiger partial charge is 0.0648 e. The monoisotopic (exact) mass is 285 g/mol. The van der Waals surface area contributed by atoms with Crippen LogP contribution in [0.25, 0.3) is 21.8 Å². The number of benzene rings is 2. The van der Waals surface area contributed by atoms with Gasteiger partial charge in [-0.1, -0.05) is 65.7 Å². The van der Waals surface area contributed by atoms with Crippen molar-refractivity contribution in [2.24, 2.45) is 0 Å². The van der Waals surface area contributed by atoms with Crippen molar-refractivity contribution in [2.45, 2.75) is 52.4 Å². The van der Waals surface area contributed by atoms with E-state index >= 15 is 0 Å². The van der Waals surface area contributed by atoms with Crippen molar-refractivity contribution in [1.82, 2.24) is 4.98 Å². The molecule has 1 N–H and O–H groups in total. The number of H-pyrrole nitrogens is 1. The Morgan fingerprint density at radius 1 is 0.714 bits per heavy atom. The van der Waals surface area contributed by atoms with Crippen molar-refractivity contribution < 1.29 is 8.22 Å². The molecule has 3 rings (SSSR count). The van der Waals surface area contributed by atoms with E-state index in [1.54, 1.807) is 0 Å². The highest BCUT2D eigenvalue weighted by Crippen LogP contribution is 2.32. The van der Waals surface area contributed by atoms with E-state index in [0.29, 0.717) is 32.9 Å². The number of rotatable bonds is 0. The van der Waals surface area contributed by atoms with Crippen molar-refractivity contribution in [2.75, 3.05) is 0 Å². The lowest BCUT2D eigenvalue weighted by Gasteiger charge is -2.18. The molecule has 21 heavy (non-hydrogen) atoms. The van der Waals surface area contributed by atoms with Gasteiger partial charge in [0, 0.05) is 21.8 Å². The van der Waals surface area contributed by atoms with Gasteiger partial charge in [0.1, 0.15) is 0 Å². The number of aromatic amines is 1. The summed E-state index contributed by atoms with van der Waals surface area (Å²) in [5.41, 5.74) is 0.686. The van der Waals surface area contributed by atoms with Crippen LogP contribution in [-0.2, 0) is 10.8 Å². The lowest BCUT2D eigenvalue weighted by molar-refractivity contribution is 0.591. The molecule has 0 aliphatic carbocycles. The first-order valence-electron chi connectivity index (χ1n) is 10.2. The number of hydrogen-bond acceptors (Lipinski definition) is 0. The fraction of sp³-hybridized carbons (Fsp3) is 0.400. The van der Waals surface area contributed by atoms with E-state index in [1.165, 1.54) is 0 Å². The van der Waals surface area contributed by atoms with Crippen molar-refractivity contribution >= 4 is 21.8 Å². The summed E-state index contributed by atoms with van der Waals surface area (Å²) in [7, 11) is 0. The summed E-state index contributed by atoms with van der Waals surface area (Å²) < 4.78 is 51.2. The molecule has 0 unspecified atom stereocenters. The Balaban J connectivity index is 2.65. The minimum Gasteiger partial charge on any atom is -0.354 e. The van der Waals surface area contributed by atoms with Gasteiger partial charge in [0.05, 0.1) is 8.22 Å². The zero-order chi connectivity index (χ0) is 20.6. The van der Waals surface area contributed by atoms with Gasteiger partial charge in [0.25, 0.3) is 0 Å². The molecule has 1 heterocycles. The van der Waals surface area contributed by atoms with Crippen LogP contribution in [0.4, 0.5) is 0 Å². The van der Waals surface area contributed by atoms with E-state index in [1.807, 2.05) is 41.5 Å². The lowest BCUT2D eigenvalue weighted by Crippen LogP contribution is -2.10.